The number of likely N-dealkylation sites (tertiary alicyclic amines) is 1. The molecule has 0 saturated carbocycles. The number of nitrogens with zero attached hydrogens (tertiary/aromatic N) is 4. The lowest BCUT2D eigenvalue weighted by Gasteiger charge is -2.25. The van der Waals surface area contributed by atoms with E-state index in [0.717, 1.165) is 18.7 Å². The number of likely N-dealkylation sites (N-methyl/N-ethyl adjacent to an activating group) is 1. The molecule has 1 aliphatic heterocycles. The molecule has 1 aliphatic rings. The second-order valence-electron chi connectivity index (χ2n) is 6.31. The van der Waals surface area contributed by atoms with Gasteiger partial charge in [0, 0.05) is 38.4 Å². The number of hydrogen-bond donors (Lipinski definition) is 0. The molecule has 0 aromatic carbocycles. The zero-order chi connectivity index (χ0) is 19.6. The number of aromatic nitrogens is 2. The van der Waals surface area contributed by atoms with Crippen LogP contribution in [0, 0.1) is 0 Å². The van der Waals surface area contributed by atoms with E-state index in [2.05, 4.69) is 14.9 Å². The van der Waals surface area contributed by atoms with Crippen molar-refractivity contribution in [3.05, 3.63) is 46.3 Å². The first-order valence-corrected chi connectivity index (χ1v) is 8.29. The third-order valence-corrected chi connectivity index (χ3v) is 4.50. The molecule has 27 heavy (non-hydrogen) atoms. The Hall–Kier alpha value is -2.62. The molecule has 0 aliphatic carbocycles. The monoisotopic (exact) mass is 384 g/mol. The van der Waals surface area contributed by atoms with Crippen LogP contribution in [0.2, 0.25) is 0 Å². The Morgan fingerprint density at radius 3 is 2.89 bits per heavy atom. The second kappa shape index (κ2) is 7.55. The predicted molar refractivity (Wildman–Crippen MR) is 90.6 cm³/mol. The van der Waals surface area contributed by atoms with E-state index >= 15 is 0 Å². The zero-order valence-corrected chi connectivity index (χ0v) is 14.9. The van der Waals surface area contributed by atoms with Crippen molar-refractivity contribution in [2.24, 2.45) is 0 Å². The molecule has 2 aromatic heterocycles. The summed E-state index contributed by atoms with van der Waals surface area (Å²) in [5, 5.41) is 0. The smallest absolute Gasteiger partial charge is 0.433 e. The van der Waals surface area contributed by atoms with Crippen molar-refractivity contribution in [2.75, 3.05) is 32.1 Å². The number of alkyl halides is 3. The molecule has 0 spiro atoms. The van der Waals surface area contributed by atoms with Crippen LogP contribution < -0.4 is 15.1 Å². The van der Waals surface area contributed by atoms with Gasteiger partial charge in [0.25, 0.3) is 0 Å². The molecule has 1 saturated heterocycles. The molecule has 1 fully saturated rings. The Bertz CT molecular complexity index is 856. The van der Waals surface area contributed by atoms with Crippen LogP contribution in [-0.2, 0) is 12.7 Å². The fourth-order valence-corrected chi connectivity index (χ4v) is 3.00. The minimum Gasteiger partial charge on any atom is -0.490 e. The summed E-state index contributed by atoms with van der Waals surface area (Å²) in [5.74, 6) is 0.673. The molecule has 3 rings (SSSR count). The van der Waals surface area contributed by atoms with Crippen molar-refractivity contribution in [1.29, 1.82) is 0 Å². The lowest BCUT2D eigenvalue weighted by molar-refractivity contribution is -0.141. The summed E-state index contributed by atoms with van der Waals surface area (Å²) >= 11 is 0. The van der Waals surface area contributed by atoms with Gasteiger partial charge in [0.15, 0.2) is 0 Å². The van der Waals surface area contributed by atoms with Gasteiger partial charge < -0.3 is 14.1 Å². The molecular weight excluding hydrogens is 365 g/mol. The number of methoxy groups -OCH3 is 1. The van der Waals surface area contributed by atoms with Gasteiger partial charge in [-0.2, -0.15) is 13.2 Å². The van der Waals surface area contributed by atoms with Crippen LogP contribution in [0.1, 0.15) is 17.9 Å². The normalized spacial score (nSPS) is 17.9. The third-order valence-electron chi connectivity index (χ3n) is 4.50. The highest BCUT2D eigenvalue weighted by Gasteiger charge is 2.34. The highest BCUT2D eigenvalue weighted by molar-refractivity contribution is 5.32. The molecule has 10 heteroatoms. The Balaban J connectivity index is 1.65. The zero-order valence-electron chi connectivity index (χ0n) is 14.9. The maximum Gasteiger partial charge on any atom is 0.433 e. The number of halogens is 3. The summed E-state index contributed by atoms with van der Waals surface area (Å²) < 4.78 is 48.8. The van der Waals surface area contributed by atoms with Crippen LogP contribution in [0.5, 0.6) is 5.75 Å². The summed E-state index contributed by atoms with van der Waals surface area (Å²) in [6.45, 7) is 1.72. The fraction of sp³-hybridized carbons (Fsp3) is 0.471. The molecule has 2 aromatic rings. The van der Waals surface area contributed by atoms with Gasteiger partial charge >= 0.3 is 6.18 Å². The summed E-state index contributed by atoms with van der Waals surface area (Å²) in [7, 11) is 3.07. The van der Waals surface area contributed by atoms with Crippen molar-refractivity contribution in [3.63, 3.8) is 0 Å². The topological polar surface area (TPSA) is 71.7 Å². The molecule has 0 amide bonds. The lowest BCUT2D eigenvalue weighted by Crippen LogP contribution is -2.36. The SMILES string of the molecule is COc1coc(CN2CCC(N(C)c3nccc(C(F)(F)F)n3)C2)cc1=O. The molecule has 1 atom stereocenters. The van der Waals surface area contributed by atoms with Crippen molar-refractivity contribution in [3.8, 4) is 5.75 Å². The van der Waals surface area contributed by atoms with Crippen molar-refractivity contribution >= 4 is 5.95 Å². The first kappa shape index (κ1) is 19.2. The predicted octanol–water partition coefficient (Wildman–Crippen LogP) is 2.17. The van der Waals surface area contributed by atoms with Gasteiger partial charge in [-0.15, -0.1) is 0 Å². The quantitative estimate of drug-likeness (QED) is 0.782. The van der Waals surface area contributed by atoms with E-state index in [4.69, 9.17) is 9.15 Å². The molecule has 0 bridgehead atoms. The van der Waals surface area contributed by atoms with Crippen molar-refractivity contribution in [2.45, 2.75) is 25.2 Å². The summed E-state index contributed by atoms with van der Waals surface area (Å²) in [6, 6.07) is 2.19. The average molecular weight is 384 g/mol. The van der Waals surface area contributed by atoms with Gasteiger partial charge in [-0.05, 0) is 12.5 Å². The van der Waals surface area contributed by atoms with Gasteiger partial charge in [0.1, 0.15) is 17.7 Å². The van der Waals surface area contributed by atoms with Crippen LogP contribution in [0.3, 0.4) is 0 Å². The van der Waals surface area contributed by atoms with Crippen LogP contribution in [0.4, 0.5) is 19.1 Å². The maximum atomic E-state index is 12.8. The highest BCUT2D eigenvalue weighted by Crippen LogP contribution is 2.29. The Labute approximate surface area is 153 Å². The molecular formula is C17H19F3N4O3. The van der Waals surface area contributed by atoms with Gasteiger partial charge in [-0.3, -0.25) is 9.69 Å². The first-order chi connectivity index (χ1) is 12.8. The van der Waals surface area contributed by atoms with E-state index in [1.165, 1.54) is 19.4 Å². The minimum absolute atomic E-state index is 0.0349. The second-order valence-corrected chi connectivity index (χ2v) is 6.31. The summed E-state index contributed by atoms with van der Waals surface area (Å²) in [5.41, 5.74) is -1.22. The van der Waals surface area contributed by atoms with E-state index in [9.17, 15) is 18.0 Å². The maximum absolute atomic E-state index is 12.8. The van der Waals surface area contributed by atoms with Crippen LogP contribution in [0.25, 0.3) is 0 Å². The molecule has 0 N–H and O–H groups in total. The Morgan fingerprint density at radius 2 is 2.22 bits per heavy atom. The van der Waals surface area contributed by atoms with Gasteiger partial charge in [0.2, 0.25) is 17.1 Å². The standard InChI is InChI=1S/C17H19F3N4O3/c1-23(16-21-5-3-15(22-16)17(18,19)20)11-4-6-24(8-11)9-12-7-13(25)14(26-2)10-27-12/h3,5,7,10-11H,4,6,8-9H2,1-2H3. The third kappa shape index (κ3) is 4.38. The van der Waals surface area contributed by atoms with E-state index in [-0.39, 0.29) is 23.2 Å². The van der Waals surface area contributed by atoms with E-state index < -0.39 is 11.9 Å². The molecule has 146 valence electrons. The Kier molecular flexibility index (Phi) is 5.36. The van der Waals surface area contributed by atoms with Crippen LogP contribution in [0.15, 0.2) is 33.8 Å². The molecule has 7 nitrogen and oxygen atoms in total. The van der Waals surface area contributed by atoms with Gasteiger partial charge in [0.05, 0.1) is 13.7 Å². The summed E-state index contributed by atoms with van der Waals surface area (Å²) in [4.78, 5) is 23.1. The highest BCUT2D eigenvalue weighted by atomic mass is 19.4. The van der Waals surface area contributed by atoms with E-state index in [0.29, 0.717) is 25.4 Å². The minimum atomic E-state index is -4.51. The Morgan fingerprint density at radius 1 is 1.44 bits per heavy atom. The lowest BCUT2D eigenvalue weighted by atomic mass is 10.2. The number of ether oxygens (including phenoxy) is 1. The van der Waals surface area contributed by atoms with Crippen LogP contribution in [-0.4, -0.2) is 48.2 Å². The van der Waals surface area contributed by atoms with Crippen LogP contribution >= 0.6 is 0 Å². The fourth-order valence-electron chi connectivity index (χ4n) is 3.00. The molecule has 0 radical (unpaired) electrons. The molecule has 1 unspecified atom stereocenters. The average Bonchev–Trinajstić information content (AvgIpc) is 3.09. The number of anilines is 1. The number of hydrogen-bond acceptors (Lipinski definition) is 7. The largest absolute Gasteiger partial charge is 0.490 e. The van der Waals surface area contributed by atoms with Gasteiger partial charge in [-0.1, -0.05) is 0 Å². The summed E-state index contributed by atoms with van der Waals surface area (Å²) in [6.07, 6.45) is -1.39. The van der Waals surface area contributed by atoms with E-state index in [1.807, 2.05) is 0 Å². The number of rotatable bonds is 5. The first-order valence-electron chi connectivity index (χ1n) is 8.29. The van der Waals surface area contributed by atoms with Crippen molar-refractivity contribution < 1.29 is 22.3 Å². The molecule has 3 heterocycles. The van der Waals surface area contributed by atoms with Crippen molar-refractivity contribution in [1.82, 2.24) is 14.9 Å². The van der Waals surface area contributed by atoms with E-state index in [1.54, 1.807) is 11.9 Å². The van der Waals surface area contributed by atoms with Gasteiger partial charge in [-0.25, -0.2) is 9.97 Å².